The molecule has 0 unspecified atom stereocenters. The first-order valence-corrected chi connectivity index (χ1v) is 13.9. The number of nitrogens with one attached hydrogen (secondary N) is 1. The van der Waals surface area contributed by atoms with Crippen molar-refractivity contribution in [3.63, 3.8) is 0 Å². The molecule has 0 spiro atoms. The molecule has 5 N–H and O–H groups in total. The van der Waals surface area contributed by atoms with E-state index >= 15 is 0 Å². The van der Waals surface area contributed by atoms with Gasteiger partial charge in [0.2, 0.25) is 0 Å². The van der Waals surface area contributed by atoms with Crippen LogP contribution in [0.4, 0.5) is 5.82 Å². The molecule has 234 valence electrons. The number of aromatic nitrogens is 1. The van der Waals surface area contributed by atoms with Crippen LogP contribution in [0.3, 0.4) is 0 Å². The second-order valence-corrected chi connectivity index (χ2v) is 9.51. The number of carbonyl (C=O) groups is 4. The highest BCUT2D eigenvalue weighted by Crippen LogP contribution is 2.21. The van der Waals surface area contributed by atoms with Crippen LogP contribution in [0.25, 0.3) is 10.8 Å². The summed E-state index contributed by atoms with van der Waals surface area (Å²) in [7, 11) is 0. The molecule has 0 aliphatic carbocycles. The van der Waals surface area contributed by atoms with Gasteiger partial charge in [-0.15, -0.1) is 0 Å². The number of pyridine rings is 1. The molecule has 4 rings (SSSR count). The van der Waals surface area contributed by atoms with Crippen LogP contribution in [-0.4, -0.2) is 80.4 Å². The lowest BCUT2D eigenvalue weighted by molar-refractivity contribution is -0.134. The Balaban J connectivity index is 0.000000349. The Morgan fingerprint density at radius 3 is 2.02 bits per heavy atom. The zero-order valence-electron chi connectivity index (χ0n) is 24.2. The molecule has 0 saturated carbocycles. The highest BCUT2D eigenvalue weighted by molar-refractivity contribution is 5.91. The molecule has 1 fully saturated rings. The Bertz CT molecular complexity index is 1360. The summed E-state index contributed by atoms with van der Waals surface area (Å²) in [6.45, 7) is 5.02. The smallest absolute Gasteiger partial charge is 0.328 e. The average Bonchev–Trinajstić information content (AvgIpc) is 3.00. The molecule has 2 heterocycles. The van der Waals surface area contributed by atoms with Crippen molar-refractivity contribution in [2.24, 2.45) is 0 Å². The van der Waals surface area contributed by atoms with E-state index in [2.05, 4.69) is 63.7 Å². The molecule has 1 aliphatic heterocycles. The Hall–Kier alpha value is -5.23. The van der Waals surface area contributed by atoms with Gasteiger partial charge in [0.15, 0.2) is 0 Å². The predicted molar refractivity (Wildman–Crippen MR) is 165 cm³/mol. The van der Waals surface area contributed by atoms with Crippen LogP contribution in [0.1, 0.15) is 31.2 Å². The standard InChI is InChI=1S/C24H29N3O.2C4H4O4/c1-4-15-27(16-5-1)19-20-8-6-10-22(18-20)28-17-7-13-25-24-23-11-3-2-9-21(23)12-14-26-24;2*5-3(6)1-2-4(7)8/h2-3,6,8-12,14,18H,1,4-5,7,13,15-17,19H2,(H,25,26);2*1-2H,(H,5,6)(H,7,8)/b;2*2-1-. The number of ether oxygens (including phenoxy) is 1. The van der Waals surface area contributed by atoms with Gasteiger partial charge in [-0.2, -0.15) is 0 Å². The average molecular weight is 608 g/mol. The summed E-state index contributed by atoms with van der Waals surface area (Å²) in [4.78, 5) is 45.2. The number of carboxylic acid groups (broad SMARTS) is 4. The fourth-order valence-electron chi connectivity index (χ4n) is 4.12. The quantitative estimate of drug-likeness (QED) is 0.143. The lowest BCUT2D eigenvalue weighted by Crippen LogP contribution is -2.29. The highest BCUT2D eigenvalue weighted by Gasteiger charge is 2.10. The first-order chi connectivity index (χ1) is 21.1. The van der Waals surface area contributed by atoms with Crippen LogP contribution < -0.4 is 10.1 Å². The number of benzene rings is 2. The molecule has 3 aromatic rings. The molecule has 0 atom stereocenters. The summed E-state index contributed by atoms with van der Waals surface area (Å²) < 4.78 is 5.98. The molecule has 1 aliphatic rings. The van der Waals surface area contributed by atoms with Gasteiger partial charge in [0.25, 0.3) is 0 Å². The molecule has 44 heavy (non-hydrogen) atoms. The fourth-order valence-corrected chi connectivity index (χ4v) is 4.12. The van der Waals surface area contributed by atoms with Crippen molar-refractivity contribution in [3.8, 4) is 5.75 Å². The lowest BCUT2D eigenvalue weighted by atomic mass is 10.1. The number of aliphatic carboxylic acids is 4. The predicted octanol–water partition coefficient (Wildman–Crippen LogP) is 4.53. The zero-order valence-corrected chi connectivity index (χ0v) is 24.2. The maximum atomic E-state index is 9.55. The summed E-state index contributed by atoms with van der Waals surface area (Å²) in [6, 6.07) is 18.9. The number of hydrogen-bond acceptors (Lipinski definition) is 8. The minimum atomic E-state index is -1.26. The number of likely N-dealkylation sites (tertiary alicyclic amines) is 1. The van der Waals surface area contributed by atoms with E-state index in [0.29, 0.717) is 30.9 Å². The van der Waals surface area contributed by atoms with Crippen molar-refractivity contribution in [1.82, 2.24) is 9.88 Å². The molecule has 0 bridgehead atoms. The second-order valence-electron chi connectivity index (χ2n) is 9.51. The minimum Gasteiger partial charge on any atom is -0.494 e. The summed E-state index contributed by atoms with van der Waals surface area (Å²) >= 11 is 0. The summed E-state index contributed by atoms with van der Waals surface area (Å²) in [5.74, 6) is -3.11. The Morgan fingerprint density at radius 1 is 0.795 bits per heavy atom. The molecule has 2 aromatic carbocycles. The van der Waals surface area contributed by atoms with E-state index < -0.39 is 23.9 Å². The molecule has 0 radical (unpaired) electrons. The highest BCUT2D eigenvalue weighted by atomic mass is 16.5. The van der Waals surface area contributed by atoms with Crippen molar-refractivity contribution in [2.75, 3.05) is 31.6 Å². The van der Waals surface area contributed by atoms with E-state index in [0.717, 1.165) is 36.5 Å². The monoisotopic (exact) mass is 607 g/mol. The van der Waals surface area contributed by atoms with Crippen LogP contribution in [-0.2, 0) is 25.7 Å². The maximum absolute atomic E-state index is 9.55. The van der Waals surface area contributed by atoms with Crippen LogP contribution in [0.5, 0.6) is 5.75 Å². The van der Waals surface area contributed by atoms with Crippen molar-refractivity contribution in [1.29, 1.82) is 0 Å². The third-order valence-electron chi connectivity index (χ3n) is 6.05. The second kappa shape index (κ2) is 19.8. The number of nitrogens with zero attached hydrogens (tertiary/aromatic N) is 2. The Kier molecular flexibility index (Phi) is 15.7. The largest absolute Gasteiger partial charge is 0.494 e. The van der Waals surface area contributed by atoms with Gasteiger partial charge in [0.05, 0.1) is 6.61 Å². The van der Waals surface area contributed by atoms with Crippen molar-refractivity contribution >= 4 is 40.5 Å². The van der Waals surface area contributed by atoms with E-state index in [9.17, 15) is 19.2 Å². The van der Waals surface area contributed by atoms with Crippen LogP contribution in [0.2, 0.25) is 0 Å². The Morgan fingerprint density at radius 2 is 1.41 bits per heavy atom. The van der Waals surface area contributed by atoms with E-state index in [1.165, 1.54) is 43.3 Å². The molecule has 12 heteroatoms. The summed E-state index contributed by atoms with van der Waals surface area (Å²) in [6.07, 6.45) is 9.05. The fraction of sp³-hybridized carbons (Fsp3) is 0.281. The topological polar surface area (TPSA) is 187 Å². The van der Waals surface area contributed by atoms with Crippen LogP contribution in [0, 0.1) is 0 Å². The van der Waals surface area contributed by atoms with Gasteiger partial charge in [0.1, 0.15) is 11.6 Å². The SMILES string of the molecule is O=C(O)/C=C\C(=O)O.O=C(O)/C=C\C(=O)O.c1cc(CN2CCCCC2)cc(OCCCNc2nccc3ccccc23)c1. The number of piperidine rings is 1. The van der Waals surface area contributed by atoms with Gasteiger partial charge < -0.3 is 30.5 Å². The van der Waals surface area contributed by atoms with E-state index in [4.69, 9.17) is 25.2 Å². The van der Waals surface area contributed by atoms with Crippen LogP contribution in [0.15, 0.2) is 85.1 Å². The van der Waals surface area contributed by atoms with Crippen molar-refractivity contribution < 1.29 is 44.3 Å². The number of fused-ring (bicyclic) bond motifs is 1. The first-order valence-electron chi connectivity index (χ1n) is 13.9. The summed E-state index contributed by atoms with van der Waals surface area (Å²) in [5, 5.41) is 37.1. The normalized spacial score (nSPS) is 12.9. The van der Waals surface area contributed by atoms with Gasteiger partial charge in [-0.05, 0) is 61.5 Å². The number of anilines is 1. The number of rotatable bonds is 12. The van der Waals surface area contributed by atoms with Gasteiger partial charge in [0, 0.05) is 49.0 Å². The number of carboxylic acids is 4. The molecular formula is C32H37N3O9. The van der Waals surface area contributed by atoms with Crippen molar-refractivity contribution in [3.05, 3.63) is 90.7 Å². The third kappa shape index (κ3) is 15.1. The molecule has 12 nitrogen and oxygen atoms in total. The zero-order chi connectivity index (χ0) is 32.2. The number of hydrogen-bond donors (Lipinski definition) is 5. The Labute approximate surface area is 254 Å². The van der Waals surface area contributed by atoms with E-state index in [1.807, 2.05) is 12.3 Å². The molecule has 1 saturated heterocycles. The summed E-state index contributed by atoms with van der Waals surface area (Å²) in [5.41, 5.74) is 1.34. The molecular weight excluding hydrogens is 570 g/mol. The van der Waals surface area contributed by atoms with Crippen LogP contribution >= 0.6 is 0 Å². The molecule has 1 aromatic heterocycles. The minimum absolute atomic E-state index is 0.558. The van der Waals surface area contributed by atoms with Gasteiger partial charge >= 0.3 is 23.9 Å². The van der Waals surface area contributed by atoms with Crippen molar-refractivity contribution in [2.45, 2.75) is 32.2 Å². The van der Waals surface area contributed by atoms with Gasteiger partial charge in [-0.1, -0.05) is 42.8 Å². The van der Waals surface area contributed by atoms with Gasteiger partial charge in [-0.25, -0.2) is 24.2 Å². The first kappa shape index (κ1) is 35.0. The molecule has 0 amide bonds. The van der Waals surface area contributed by atoms with E-state index in [1.54, 1.807) is 0 Å². The third-order valence-corrected chi connectivity index (χ3v) is 6.05. The maximum Gasteiger partial charge on any atom is 0.328 e. The van der Waals surface area contributed by atoms with E-state index in [-0.39, 0.29) is 0 Å². The lowest BCUT2D eigenvalue weighted by Gasteiger charge is -2.26. The van der Waals surface area contributed by atoms with Gasteiger partial charge in [-0.3, -0.25) is 4.90 Å².